The number of nitrogens with one attached hydrogen (secondary N) is 1. The number of allylic oxidation sites excluding steroid dienone is 1. The lowest BCUT2D eigenvalue weighted by Crippen LogP contribution is -2.33. The first-order valence-electron chi connectivity index (χ1n) is 9.04. The lowest BCUT2D eigenvalue weighted by molar-refractivity contribution is 0.0522. The van der Waals surface area contributed by atoms with Crippen molar-refractivity contribution in [3.05, 3.63) is 42.0 Å². The summed E-state index contributed by atoms with van der Waals surface area (Å²) in [5.41, 5.74) is 0.413. The van der Waals surface area contributed by atoms with Gasteiger partial charge in [-0.3, -0.25) is 0 Å². The highest BCUT2D eigenvalue weighted by atomic mass is 16.6. The molecule has 0 spiro atoms. The van der Waals surface area contributed by atoms with Crippen LogP contribution in [-0.4, -0.2) is 35.1 Å². The first kappa shape index (κ1) is 22.0. The number of carbonyl (C=O) groups excluding carboxylic acids is 1. The Morgan fingerprint density at radius 1 is 1.12 bits per heavy atom. The van der Waals surface area contributed by atoms with Gasteiger partial charge in [-0.25, -0.2) is 4.79 Å². The number of carbonyl (C=O) groups is 1. The number of alkyl carbamates (subject to hydrolysis) is 1. The molecular formula is C21H33NO4. The summed E-state index contributed by atoms with van der Waals surface area (Å²) in [6.45, 7) is 11.8. The van der Waals surface area contributed by atoms with Crippen molar-refractivity contribution in [2.24, 2.45) is 0 Å². The first-order chi connectivity index (χ1) is 11.9. The number of ether oxygens (including phenoxy) is 2. The Hall–Kier alpha value is -2.01. The van der Waals surface area contributed by atoms with Crippen molar-refractivity contribution in [3.8, 4) is 5.75 Å². The molecular weight excluding hydrogens is 330 g/mol. The van der Waals surface area contributed by atoms with Crippen LogP contribution in [0.5, 0.6) is 5.75 Å². The smallest absolute Gasteiger partial charge is 0.407 e. The van der Waals surface area contributed by atoms with E-state index in [0.29, 0.717) is 13.0 Å². The molecule has 1 amide bonds. The molecule has 26 heavy (non-hydrogen) atoms. The van der Waals surface area contributed by atoms with Crippen molar-refractivity contribution in [2.75, 3.05) is 6.54 Å². The normalized spacial score (nSPS) is 13.5. The van der Waals surface area contributed by atoms with Crippen molar-refractivity contribution in [1.29, 1.82) is 0 Å². The summed E-state index contributed by atoms with van der Waals surface area (Å²) in [5.74, 6) is 0.846. The molecule has 0 heterocycles. The van der Waals surface area contributed by atoms with Crippen molar-refractivity contribution < 1.29 is 19.4 Å². The third-order valence-electron chi connectivity index (χ3n) is 3.17. The van der Waals surface area contributed by atoms with Gasteiger partial charge in [0.2, 0.25) is 0 Å². The van der Waals surface area contributed by atoms with Crippen LogP contribution in [0.2, 0.25) is 0 Å². The van der Waals surface area contributed by atoms with Gasteiger partial charge in [0, 0.05) is 6.54 Å². The van der Waals surface area contributed by atoms with Gasteiger partial charge in [0.05, 0.1) is 6.10 Å². The van der Waals surface area contributed by atoms with Gasteiger partial charge < -0.3 is 19.9 Å². The zero-order chi connectivity index (χ0) is 19.8. The Kier molecular flexibility index (Phi) is 8.15. The van der Waals surface area contributed by atoms with Gasteiger partial charge >= 0.3 is 6.09 Å². The van der Waals surface area contributed by atoms with E-state index in [-0.39, 0.29) is 5.60 Å². The molecule has 0 saturated heterocycles. The van der Waals surface area contributed by atoms with E-state index in [2.05, 4.69) is 5.32 Å². The molecule has 146 valence electrons. The Bertz CT molecular complexity index is 580. The molecule has 0 aliphatic heterocycles. The van der Waals surface area contributed by atoms with E-state index in [1.54, 1.807) is 6.08 Å². The second-order valence-electron chi connectivity index (χ2n) is 8.28. The summed E-state index contributed by atoms with van der Waals surface area (Å²) < 4.78 is 10.9. The largest absolute Gasteiger partial charge is 0.488 e. The van der Waals surface area contributed by atoms with E-state index in [0.717, 1.165) is 17.7 Å². The molecule has 0 bridgehead atoms. The molecule has 5 nitrogen and oxygen atoms in total. The second kappa shape index (κ2) is 9.62. The summed E-state index contributed by atoms with van der Waals surface area (Å²) >= 11 is 0. The van der Waals surface area contributed by atoms with Crippen LogP contribution in [0, 0.1) is 0 Å². The van der Waals surface area contributed by atoms with Gasteiger partial charge in [-0.05, 0) is 72.1 Å². The average Bonchev–Trinajstić information content (AvgIpc) is 2.45. The van der Waals surface area contributed by atoms with Gasteiger partial charge in [-0.2, -0.15) is 0 Å². The summed E-state index contributed by atoms with van der Waals surface area (Å²) in [5, 5.41) is 12.6. The van der Waals surface area contributed by atoms with E-state index < -0.39 is 17.8 Å². The topological polar surface area (TPSA) is 67.8 Å². The average molecular weight is 363 g/mol. The Morgan fingerprint density at radius 2 is 1.73 bits per heavy atom. The maximum Gasteiger partial charge on any atom is 0.407 e. The number of amides is 1. The summed E-state index contributed by atoms with van der Waals surface area (Å²) in [6, 6.07) is 7.94. The fourth-order valence-corrected chi connectivity index (χ4v) is 2.14. The number of aliphatic hydroxyl groups excluding tert-OH is 1. The van der Waals surface area contributed by atoms with Crippen LogP contribution < -0.4 is 10.1 Å². The maximum atomic E-state index is 11.5. The number of benzene rings is 1. The predicted molar refractivity (Wildman–Crippen MR) is 105 cm³/mol. The number of aliphatic hydroxyl groups is 1. The van der Waals surface area contributed by atoms with Crippen molar-refractivity contribution in [1.82, 2.24) is 5.32 Å². The lowest BCUT2D eigenvalue weighted by Gasteiger charge is -2.21. The van der Waals surface area contributed by atoms with E-state index in [4.69, 9.17) is 9.47 Å². The van der Waals surface area contributed by atoms with Crippen LogP contribution in [0.4, 0.5) is 4.79 Å². The van der Waals surface area contributed by atoms with Crippen LogP contribution in [0.15, 0.2) is 36.4 Å². The van der Waals surface area contributed by atoms with E-state index in [1.807, 2.05) is 71.9 Å². The summed E-state index contributed by atoms with van der Waals surface area (Å²) in [4.78, 5) is 11.5. The third-order valence-corrected chi connectivity index (χ3v) is 3.17. The number of hydrogen-bond acceptors (Lipinski definition) is 4. The highest BCUT2D eigenvalue weighted by Crippen LogP contribution is 2.18. The van der Waals surface area contributed by atoms with Gasteiger partial charge in [0.25, 0.3) is 0 Å². The quantitative estimate of drug-likeness (QED) is 0.711. The van der Waals surface area contributed by atoms with Gasteiger partial charge in [-0.15, -0.1) is 0 Å². The van der Waals surface area contributed by atoms with Gasteiger partial charge in [0.15, 0.2) is 0 Å². The fraction of sp³-hybridized carbons (Fsp3) is 0.571. The van der Waals surface area contributed by atoms with E-state index >= 15 is 0 Å². The molecule has 2 N–H and O–H groups in total. The van der Waals surface area contributed by atoms with E-state index in [1.165, 1.54) is 0 Å². The Labute approximate surface area is 157 Å². The van der Waals surface area contributed by atoms with Gasteiger partial charge in [0.1, 0.15) is 17.0 Å². The SMILES string of the molecule is CC(C)(C)OC(=O)NCCC(O)C=CCc1ccc(OC(C)(C)C)cc1. The standard InChI is InChI=1S/C21H33NO4/c1-20(2,3)25-18-12-10-16(11-13-18)8-7-9-17(23)14-15-22-19(24)26-21(4,5)6/h7,9-13,17,23H,8,14-15H2,1-6H3,(H,22,24). The molecule has 0 fully saturated rings. The molecule has 1 rings (SSSR count). The molecule has 0 aliphatic carbocycles. The molecule has 0 radical (unpaired) electrons. The molecule has 1 unspecified atom stereocenters. The van der Waals surface area contributed by atoms with E-state index in [9.17, 15) is 9.90 Å². The number of hydrogen-bond donors (Lipinski definition) is 2. The zero-order valence-electron chi connectivity index (χ0n) is 16.8. The van der Waals surface area contributed by atoms with Crippen LogP contribution in [0.25, 0.3) is 0 Å². The molecule has 0 saturated carbocycles. The minimum Gasteiger partial charge on any atom is -0.488 e. The highest BCUT2D eigenvalue weighted by Gasteiger charge is 2.15. The zero-order valence-corrected chi connectivity index (χ0v) is 16.8. The van der Waals surface area contributed by atoms with Crippen molar-refractivity contribution in [3.63, 3.8) is 0 Å². The third kappa shape index (κ3) is 10.8. The molecule has 1 aromatic carbocycles. The Balaban J connectivity index is 2.31. The van der Waals surface area contributed by atoms with Crippen LogP contribution >= 0.6 is 0 Å². The first-order valence-corrected chi connectivity index (χ1v) is 9.04. The molecule has 1 aromatic rings. The maximum absolute atomic E-state index is 11.5. The molecule has 5 heteroatoms. The second-order valence-corrected chi connectivity index (χ2v) is 8.28. The minimum atomic E-state index is -0.603. The fourth-order valence-electron chi connectivity index (χ4n) is 2.14. The molecule has 0 aliphatic rings. The molecule has 0 aromatic heterocycles. The lowest BCUT2D eigenvalue weighted by atomic mass is 10.1. The van der Waals surface area contributed by atoms with Crippen molar-refractivity contribution >= 4 is 6.09 Å². The predicted octanol–water partition coefficient (Wildman–Crippen LogP) is 4.24. The number of rotatable bonds is 7. The monoisotopic (exact) mass is 363 g/mol. The minimum absolute atomic E-state index is 0.209. The van der Waals surface area contributed by atoms with Crippen LogP contribution in [0.3, 0.4) is 0 Å². The highest BCUT2D eigenvalue weighted by molar-refractivity contribution is 5.67. The Morgan fingerprint density at radius 3 is 2.27 bits per heavy atom. The summed E-state index contributed by atoms with van der Waals surface area (Å²) in [7, 11) is 0. The van der Waals surface area contributed by atoms with Gasteiger partial charge in [-0.1, -0.05) is 24.3 Å². The molecule has 1 atom stereocenters. The van der Waals surface area contributed by atoms with Crippen molar-refractivity contribution in [2.45, 2.75) is 71.7 Å². The summed E-state index contributed by atoms with van der Waals surface area (Å²) in [6.07, 6.45) is 3.77. The van der Waals surface area contributed by atoms with Crippen LogP contribution in [-0.2, 0) is 11.2 Å². The van der Waals surface area contributed by atoms with Crippen LogP contribution in [0.1, 0.15) is 53.5 Å².